The van der Waals surface area contributed by atoms with Crippen LogP contribution < -0.4 is 9.46 Å². The number of benzene rings is 3. The van der Waals surface area contributed by atoms with Crippen LogP contribution >= 0.6 is 0 Å². The lowest BCUT2D eigenvalue weighted by Gasteiger charge is -2.19. The van der Waals surface area contributed by atoms with E-state index in [4.69, 9.17) is 0 Å². The minimum absolute atomic E-state index is 0.0293. The van der Waals surface area contributed by atoms with Gasteiger partial charge in [0.05, 0.1) is 16.7 Å². The smallest absolute Gasteiger partial charge is 0.487 e. The van der Waals surface area contributed by atoms with Crippen LogP contribution in [-0.2, 0) is 11.0 Å². The van der Waals surface area contributed by atoms with E-state index in [1.54, 1.807) is 42.5 Å². The molecule has 0 saturated carbocycles. The molecule has 0 radical (unpaired) electrons. The Morgan fingerprint density at radius 2 is 1.59 bits per heavy atom. The van der Waals surface area contributed by atoms with Crippen LogP contribution in [0.15, 0.2) is 66.7 Å². The van der Waals surface area contributed by atoms with Crippen molar-refractivity contribution in [3.05, 3.63) is 78.1 Å². The Balaban J connectivity index is 1.48. The lowest BCUT2D eigenvalue weighted by molar-refractivity contribution is -0.290. The van der Waals surface area contributed by atoms with Gasteiger partial charge in [0.25, 0.3) is 0 Å². The van der Waals surface area contributed by atoms with E-state index in [1.807, 2.05) is 4.72 Å². The van der Waals surface area contributed by atoms with E-state index in [2.05, 4.69) is 14.7 Å². The van der Waals surface area contributed by atoms with Gasteiger partial charge in [-0.05, 0) is 47.5 Å². The molecule has 1 atom stereocenters. The molecule has 0 aliphatic heterocycles. The highest BCUT2D eigenvalue weighted by atomic mass is 32.2. The standard InChI is InChI=1S/C25H17F8N3O2S/c26-23(27,24(28,29)30)14-38-17-9-5-15(6-10-17)7-12-22-34-20-11-8-16(13-21(20)35-22)18-3-1-2-4-19(18)36-39(37)25(31,32)33/h1-13,36H,14H2,(H,34,35)/b12-7+. The number of aromatic nitrogens is 2. The summed E-state index contributed by atoms with van der Waals surface area (Å²) in [6.45, 7) is -1.84. The van der Waals surface area contributed by atoms with Gasteiger partial charge in [0.2, 0.25) is 11.0 Å². The zero-order valence-electron chi connectivity index (χ0n) is 19.4. The first-order valence-electron chi connectivity index (χ1n) is 10.9. The summed E-state index contributed by atoms with van der Waals surface area (Å²) in [6.07, 6.45) is -2.51. The highest BCUT2D eigenvalue weighted by molar-refractivity contribution is 7.87. The number of nitrogens with one attached hydrogen (secondary N) is 2. The maximum Gasteiger partial charge on any atom is 0.490 e. The number of alkyl halides is 8. The second kappa shape index (κ2) is 10.7. The first kappa shape index (κ1) is 28.1. The second-order valence-corrected chi connectivity index (χ2v) is 9.31. The number of hydrogen-bond acceptors (Lipinski definition) is 3. The molecule has 2 N–H and O–H groups in total. The van der Waals surface area contributed by atoms with Gasteiger partial charge < -0.3 is 9.72 Å². The first-order valence-corrected chi connectivity index (χ1v) is 12.1. The number of ether oxygens (including phenoxy) is 1. The molecule has 1 unspecified atom stereocenters. The maximum atomic E-state index is 13.0. The monoisotopic (exact) mass is 575 g/mol. The van der Waals surface area contributed by atoms with E-state index < -0.39 is 35.2 Å². The number of aromatic amines is 1. The van der Waals surface area contributed by atoms with Gasteiger partial charge in [0.1, 0.15) is 11.6 Å². The fourth-order valence-electron chi connectivity index (χ4n) is 3.36. The Labute approximate surface area is 218 Å². The van der Waals surface area contributed by atoms with Crippen molar-refractivity contribution in [2.45, 2.75) is 17.6 Å². The van der Waals surface area contributed by atoms with E-state index in [-0.39, 0.29) is 11.4 Å². The molecule has 0 spiro atoms. The van der Waals surface area contributed by atoms with Crippen LogP contribution in [0.1, 0.15) is 11.4 Å². The fraction of sp³-hybridized carbons (Fsp3) is 0.160. The number of halogens is 8. The van der Waals surface area contributed by atoms with Gasteiger partial charge in [-0.25, -0.2) is 9.19 Å². The molecule has 1 heterocycles. The lowest BCUT2D eigenvalue weighted by atomic mass is 10.0. The minimum Gasteiger partial charge on any atom is -0.487 e. The van der Waals surface area contributed by atoms with E-state index >= 15 is 0 Å². The van der Waals surface area contributed by atoms with Gasteiger partial charge in [-0.15, -0.1) is 0 Å². The van der Waals surface area contributed by atoms with Crippen molar-refractivity contribution in [1.29, 1.82) is 0 Å². The molecule has 14 heteroatoms. The van der Waals surface area contributed by atoms with Crippen LogP contribution in [0.5, 0.6) is 5.75 Å². The Bertz CT molecular complexity index is 1510. The first-order chi connectivity index (χ1) is 18.2. The van der Waals surface area contributed by atoms with Crippen molar-refractivity contribution in [3.63, 3.8) is 0 Å². The van der Waals surface area contributed by atoms with Crippen molar-refractivity contribution in [3.8, 4) is 16.9 Å². The number of H-pyrrole nitrogens is 1. The van der Waals surface area contributed by atoms with Gasteiger partial charge in [0, 0.05) is 5.56 Å². The Hall–Kier alpha value is -3.94. The predicted octanol–water partition coefficient (Wildman–Crippen LogP) is 7.57. The van der Waals surface area contributed by atoms with Crippen molar-refractivity contribution in [2.24, 2.45) is 0 Å². The molecule has 0 amide bonds. The van der Waals surface area contributed by atoms with Crippen molar-refractivity contribution < 1.29 is 44.1 Å². The van der Waals surface area contributed by atoms with Crippen molar-refractivity contribution in [1.82, 2.24) is 9.97 Å². The number of rotatable bonds is 8. The third-order valence-electron chi connectivity index (χ3n) is 5.30. The molecule has 5 nitrogen and oxygen atoms in total. The predicted molar refractivity (Wildman–Crippen MR) is 131 cm³/mol. The van der Waals surface area contributed by atoms with Crippen LogP contribution in [-0.4, -0.2) is 38.4 Å². The summed E-state index contributed by atoms with van der Waals surface area (Å²) < 4.78 is 119. The van der Waals surface area contributed by atoms with Crippen molar-refractivity contribution in [2.75, 3.05) is 11.3 Å². The SMILES string of the molecule is O=S(Nc1ccccc1-c1ccc2nc(/C=C/c3ccc(OCC(F)(F)C(F)(F)F)cc3)[nH]c2c1)C(F)(F)F. The summed E-state index contributed by atoms with van der Waals surface area (Å²) in [4.78, 5) is 7.44. The average Bonchev–Trinajstić information content (AvgIpc) is 3.28. The van der Waals surface area contributed by atoms with E-state index in [9.17, 15) is 39.3 Å². The third kappa shape index (κ3) is 6.74. The summed E-state index contributed by atoms with van der Waals surface area (Å²) in [6, 6.07) is 16.4. The number of anilines is 1. The summed E-state index contributed by atoms with van der Waals surface area (Å²) in [5.74, 6) is -4.73. The largest absolute Gasteiger partial charge is 0.490 e. The van der Waals surface area contributed by atoms with Crippen LogP contribution in [0, 0.1) is 0 Å². The molecule has 0 aliphatic rings. The van der Waals surface area contributed by atoms with E-state index in [1.165, 1.54) is 36.4 Å². The molecule has 0 bridgehead atoms. The Morgan fingerprint density at radius 1 is 0.897 bits per heavy atom. The summed E-state index contributed by atoms with van der Waals surface area (Å²) in [7, 11) is -3.29. The van der Waals surface area contributed by atoms with Gasteiger partial charge in [-0.2, -0.15) is 35.1 Å². The van der Waals surface area contributed by atoms with Gasteiger partial charge in [-0.3, -0.25) is 4.72 Å². The average molecular weight is 575 g/mol. The number of imidazole rings is 1. The molecule has 4 rings (SSSR count). The number of para-hydroxylation sites is 1. The molecule has 1 aromatic heterocycles. The van der Waals surface area contributed by atoms with Crippen molar-refractivity contribution >= 4 is 39.9 Å². The minimum atomic E-state index is -5.71. The van der Waals surface area contributed by atoms with E-state index in [0.717, 1.165) is 0 Å². The molecule has 0 fully saturated rings. The summed E-state index contributed by atoms with van der Waals surface area (Å²) in [5.41, 5.74) is -2.29. The van der Waals surface area contributed by atoms with Crippen LogP contribution in [0.4, 0.5) is 40.8 Å². The molecule has 0 aliphatic carbocycles. The zero-order valence-corrected chi connectivity index (χ0v) is 20.2. The van der Waals surface area contributed by atoms with Crippen LogP contribution in [0.2, 0.25) is 0 Å². The zero-order chi connectivity index (χ0) is 28.4. The number of fused-ring (bicyclic) bond motifs is 1. The Kier molecular flexibility index (Phi) is 7.68. The highest BCUT2D eigenvalue weighted by Gasteiger charge is 2.58. The molecule has 206 valence electrons. The van der Waals surface area contributed by atoms with Gasteiger partial charge >= 0.3 is 17.6 Å². The fourth-order valence-corrected chi connectivity index (χ4v) is 3.86. The van der Waals surface area contributed by atoms with Gasteiger partial charge in [-0.1, -0.05) is 42.5 Å². The van der Waals surface area contributed by atoms with E-state index in [0.29, 0.717) is 33.5 Å². The molecule has 4 aromatic rings. The third-order valence-corrected chi connectivity index (χ3v) is 6.13. The molecule has 39 heavy (non-hydrogen) atoms. The maximum absolute atomic E-state index is 13.0. The summed E-state index contributed by atoms with van der Waals surface area (Å²) in [5, 5.41) is 0. The normalized spacial score (nSPS) is 13.6. The quantitative estimate of drug-likeness (QED) is 0.213. The topological polar surface area (TPSA) is 67.0 Å². The lowest BCUT2D eigenvalue weighted by Crippen LogP contribution is -2.41. The molecular weight excluding hydrogens is 558 g/mol. The summed E-state index contributed by atoms with van der Waals surface area (Å²) >= 11 is 0. The second-order valence-electron chi connectivity index (χ2n) is 8.11. The van der Waals surface area contributed by atoms with Crippen LogP contribution in [0.3, 0.4) is 0 Å². The number of nitrogens with zero attached hydrogens (tertiary/aromatic N) is 1. The molecule has 3 aromatic carbocycles. The molecule has 0 saturated heterocycles. The highest BCUT2D eigenvalue weighted by Crippen LogP contribution is 2.36. The Morgan fingerprint density at radius 3 is 2.26 bits per heavy atom. The van der Waals surface area contributed by atoms with Gasteiger partial charge in [0.15, 0.2) is 6.61 Å². The van der Waals surface area contributed by atoms with Crippen LogP contribution in [0.25, 0.3) is 34.3 Å². The molecular formula is C25H17F8N3O2S. The number of hydrogen-bond donors (Lipinski definition) is 2.